The maximum Gasteiger partial charge on any atom is 0.416 e. The molecule has 1 aromatic carbocycles. The number of quaternary nitrogens is 1. The Hall–Kier alpha value is -1.83. The number of nitrogens with zero attached hydrogens (tertiary/aromatic N) is 4. The number of alkyl halides is 3. The van der Waals surface area contributed by atoms with Gasteiger partial charge in [-0.2, -0.15) is 13.2 Å². The minimum Gasteiger partial charge on any atom is -0.410 e. The second-order valence-corrected chi connectivity index (χ2v) is 8.33. The first-order chi connectivity index (χ1) is 14.7. The Kier molecular flexibility index (Phi) is 11.9. The van der Waals surface area contributed by atoms with Crippen molar-refractivity contribution < 1.29 is 22.9 Å². The van der Waals surface area contributed by atoms with Crippen LogP contribution in [0.3, 0.4) is 0 Å². The number of halogens is 3. The van der Waals surface area contributed by atoms with Crippen LogP contribution < -0.4 is 0 Å². The first kappa shape index (κ1) is 27.2. The van der Waals surface area contributed by atoms with Gasteiger partial charge in [-0.15, -0.1) is 5.10 Å². The minimum absolute atomic E-state index is 0.0696. The van der Waals surface area contributed by atoms with E-state index < -0.39 is 11.7 Å². The highest BCUT2D eigenvalue weighted by Crippen LogP contribution is 2.30. The van der Waals surface area contributed by atoms with Crippen LogP contribution >= 0.6 is 0 Å². The van der Waals surface area contributed by atoms with Crippen LogP contribution in [0, 0.1) is 0 Å². The number of unbranched alkanes of at least 4 members (excludes halogenated alkanes) is 4. The summed E-state index contributed by atoms with van der Waals surface area (Å²) in [5.74, 6) is 0. The molecule has 0 fully saturated rings. The molecule has 5 nitrogen and oxygen atoms in total. The molecule has 0 unspecified atom stereocenters. The Labute approximate surface area is 184 Å². The maximum atomic E-state index is 12.2. The van der Waals surface area contributed by atoms with Crippen molar-refractivity contribution in [2.45, 2.75) is 85.2 Å². The van der Waals surface area contributed by atoms with E-state index in [9.17, 15) is 13.2 Å². The number of hydrogen-bond donors (Lipinski definition) is 1. The molecule has 1 N–H and O–H groups in total. The number of rotatable bonds is 12. The van der Waals surface area contributed by atoms with E-state index in [0.717, 1.165) is 18.2 Å². The average molecular weight is 446 g/mol. The Morgan fingerprint density at radius 1 is 0.839 bits per heavy atom. The molecule has 178 valence electrons. The molecule has 0 amide bonds. The smallest absolute Gasteiger partial charge is 0.410 e. The fraction of sp³-hybridized carbons (Fsp3) is 0.739. The average Bonchev–Trinajstić information content (AvgIpc) is 3.13. The van der Waals surface area contributed by atoms with Crippen molar-refractivity contribution in [2.24, 2.45) is 0 Å². The Morgan fingerprint density at radius 3 is 1.68 bits per heavy atom. The van der Waals surface area contributed by atoms with E-state index in [2.05, 4.69) is 38.0 Å². The lowest BCUT2D eigenvalue weighted by atomic mass is 10.1. The van der Waals surface area contributed by atoms with Crippen molar-refractivity contribution >= 4 is 11.0 Å². The van der Waals surface area contributed by atoms with Crippen molar-refractivity contribution in [3.8, 4) is 0 Å². The number of benzene rings is 1. The largest absolute Gasteiger partial charge is 0.416 e. The SMILES string of the molecule is CCCC[N+](CCCC)(CCCC)CCCC.On1nnc2ccc(C(F)(F)F)cc21. The summed E-state index contributed by atoms with van der Waals surface area (Å²) in [4.78, 5) is 0.310. The van der Waals surface area contributed by atoms with Gasteiger partial charge < -0.3 is 9.69 Å². The topological polar surface area (TPSA) is 50.9 Å². The van der Waals surface area contributed by atoms with Crippen molar-refractivity contribution in [3.05, 3.63) is 23.8 Å². The first-order valence-corrected chi connectivity index (χ1v) is 11.7. The van der Waals surface area contributed by atoms with Crippen LogP contribution in [0.2, 0.25) is 0 Å². The molecule has 0 saturated heterocycles. The fourth-order valence-corrected chi connectivity index (χ4v) is 3.73. The fourth-order valence-electron chi connectivity index (χ4n) is 3.73. The summed E-state index contributed by atoms with van der Waals surface area (Å²) >= 11 is 0. The molecule has 0 saturated carbocycles. The molecule has 2 aromatic rings. The molecule has 0 aliphatic rings. The minimum atomic E-state index is -4.43. The zero-order valence-corrected chi connectivity index (χ0v) is 19.6. The number of hydrogen-bond acceptors (Lipinski definition) is 3. The zero-order chi connectivity index (χ0) is 23.3. The standard InChI is InChI=1S/C16H36N.C7H4F3N3O/c1-5-9-13-17(14-10-6-2,15-11-7-3)16-12-8-4;8-7(9,10)4-1-2-5-6(3-4)13(14)12-11-5/h5-16H2,1-4H3;1-3,14H/q+1;. The zero-order valence-electron chi connectivity index (χ0n) is 19.6. The molecule has 1 aromatic heterocycles. The lowest BCUT2D eigenvalue weighted by Crippen LogP contribution is -2.50. The van der Waals surface area contributed by atoms with E-state index in [4.69, 9.17) is 5.21 Å². The van der Waals surface area contributed by atoms with Crippen LogP contribution in [0.1, 0.15) is 84.6 Å². The van der Waals surface area contributed by atoms with Gasteiger partial charge in [0.05, 0.1) is 31.7 Å². The summed E-state index contributed by atoms with van der Waals surface area (Å²) in [6.07, 6.45) is 6.63. The van der Waals surface area contributed by atoms with Crippen LogP contribution in [-0.4, -0.2) is 51.0 Å². The Balaban J connectivity index is 0.000000314. The van der Waals surface area contributed by atoms with Gasteiger partial charge in [0.2, 0.25) is 0 Å². The van der Waals surface area contributed by atoms with E-state index in [1.165, 1.54) is 82.0 Å². The van der Waals surface area contributed by atoms with Crippen LogP contribution in [0.4, 0.5) is 13.2 Å². The van der Waals surface area contributed by atoms with E-state index in [1.807, 2.05) is 0 Å². The molecule has 0 spiro atoms. The van der Waals surface area contributed by atoms with Crippen molar-refractivity contribution in [1.82, 2.24) is 15.2 Å². The van der Waals surface area contributed by atoms with Crippen LogP contribution in [0.25, 0.3) is 11.0 Å². The predicted molar refractivity (Wildman–Crippen MR) is 119 cm³/mol. The molecule has 0 radical (unpaired) electrons. The summed E-state index contributed by atoms with van der Waals surface area (Å²) in [5.41, 5.74) is -0.706. The number of aromatic nitrogens is 3. The maximum absolute atomic E-state index is 12.2. The van der Waals surface area contributed by atoms with Crippen LogP contribution in [-0.2, 0) is 6.18 Å². The highest BCUT2D eigenvalue weighted by atomic mass is 19.4. The summed E-state index contributed by atoms with van der Waals surface area (Å²) in [7, 11) is 0. The lowest BCUT2D eigenvalue weighted by Gasteiger charge is -2.39. The molecule has 8 heteroatoms. The molecule has 0 atom stereocenters. The van der Waals surface area contributed by atoms with Gasteiger partial charge in [0.1, 0.15) is 11.0 Å². The normalized spacial score (nSPS) is 12.1. The quantitative estimate of drug-likeness (QED) is 0.292. The second kappa shape index (κ2) is 13.6. The molecular formula is C23H40F3N4O+. The van der Waals surface area contributed by atoms with Crippen molar-refractivity contribution in [3.63, 3.8) is 0 Å². The molecule has 0 aliphatic carbocycles. The van der Waals surface area contributed by atoms with Gasteiger partial charge in [0.15, 0.2) is 0 Å². The van der Waals surface area contributed by atoms with Gasteiger partial charge in [-0.3, -0.25) is 0 Å². The molecular weight excluding hydrogens is 405 g/mol. The predicted octanol–water partition coefficient (Wildman–Crippen LogP) is 6.69. The highest BCUT2D eigenvalue weighted by Gasteiger charge is 2.31. The van der Waals surface area contributed by atoms with E-state index in [-0.39, 0.29) is 11.0 Å². The monoisotopic (exact) mass is 445 g/mol. The van der Waals surface area contributed by atoms with E-state index >= 15 is 0 Å². The summed E-state index contributed by atoms with van der Waals surface area (Å²) in [6.45, 7) is 15.0. The van der Waals surface area contributed by atoms with Crippen molar-refractivity contribution in [2.75, 3.05) is 26.2 Å². The number of fused-ring (bicyclic) bond motifs is 1. The van der Waals surface area contributed by atoms with Crippen LogP contribution in [0.15, 0.2) is 18.2 Å². The van der Waals surface area contributed by atoms with Gasteiger partial charge in [-0.05, 0) is 49.1 Å². The molecule has 31 heavy (non-hydrogen) atoms. The molecule has 0 aliphatic heterocycles. The first-order valence-electron chi connectivity index (χ1n) is 11.7. The van der Waals surface area contributed by atoms with E-state index in [1.54, 1.807) is 0 Å². The Bertz CT molecular complexity index is 708. The Morgan fingerprint density at radius 2 is 1.29 bits per heavy atom. The summed E-state index contributed by atoms with van der Waals surface area (Å²) in [6, 6.07) is 2.82. The van der Waals surface area contributed by atoms with Gasteiger partial charge in [-0.1, -0.05) is 58.2 Å². The third-order valence-corrected chi connectivity index (χ3v) is 5.70. The van der Waals surface area contributed by atoms with E-state index in [0.29, 0.717) is 4.85 Å². The van der Waals surface area contributed by atoms with Gasteiger partial charge in [-0.25, -0.2) is 0 Å². The lowest BCUT2D eigenvalue weighted by molar-refractivity contribution is -0.929. The second-order valence-electron chi connectivity index (χ2n) is 8.33. The van der Waals surface area contributed by atoms with Crippen molar-refractivity contribution in [1.29, 1.82) is 0 Å². The third kappa shape index (κ3) is 9.05. The van der Waals surface area contributed by atoms with Gasteiger partial charge in [0.25, 0.3) is 0 Å². The van der Waals surface area contributed by atoms with Gasteiger partial charge >= 0.3 is 6.18 Å². The van der Waals surface area contributed by atoms with Gasteiger partial charge in [0, 0.05) is 0 Å². The molecule has 0 bridgehead atoms. The summed E-state index contributed by atoms with van der Waals surface area (Å²) < 4.78 is 38.1. The molecule has 2 rings (SSSR count). The highest BCUT2D eigenvalue weighted by molar-refractivity contribution is 5.74. The summed E-state index contributed by atoms with van der Waals surface area (Å²) in [5, 5.41) is 15.6. The molecule has 1 heterocycles. The van der Waals surface area contributed by atoms with Crippen LogP contribution in [0.5, 0.6) is 0 Å². The third-order valence-electron chi connectivity index (χ3n) is 5.70.